The predicted octanol–water partition coefficient (Wildman–Crippen LogP) is 5.14. The van der Waals surface area contributed by atoms with Gasteiger partial charge in [-0.25, -0.2) is 4.39 Å². The molecule has 3 aromatic carbocycles. The first-order valence-electron chi connectivity index (χ1n) is 10.9. The van der Waals surface area contributed by atoms with E-state index >= 15 is 0 Å². The summed E-state index contributed by atoms with van der Waals surface area (Å²) < 4.78 is 15.4. The Hall–Kier alpha value is -3.45. The van der Waals surface area contributed by atoms with Crippen molar-refractivity contribution in [3.05, 3.63) is 95.8 Å². The first-order valence-corrected chi connectivity index (χ1v) is 11.8. The minimum absolute atomic E-state index is 0.0837. The summed E-state index contributed by atoms with van der Waals surface area (Å²) in [5, 5.41) is 9.09. The van der Waals surface area contributed by atoms with Crippen molar-refractivity contribution in [1.29, 1.82) is 0 Å². The van der Waals surface area contributed by atoms with Crippen LogP contribution < -0.4 is 0 Å². The molecule has 0 aliphatic carbocycles. The van der Waals surface area contributed by atoms with Crippen molar-refractivity contribution in [3.63, 3.8) is 0 Å². The Morgan fingerprint density at radius 2 is 1.64 bits per heavy atom. The van der Waals surface area contributed by atoms with Crippen molar-refractivity contribution in [3.8, 4) is 17.1 Å². The van der Waals surface area contributed by atoms with E-state index in [1.54, 1.807) is 12.1 Å². The maximum atomic E-state index is 13.5. The number of amides is 1. The lowest BCUT2D eigenvalue weighted by molar-refractivity contribution is -0.131. The zero-order valence-electron chi connectivity index (χ0n) is 18.2. The van der Waals surface area contributed by atoms with Gasteiger partial charge < -0.3 is 4.90 Å². The van der Waals surface area contributed by atoms with E-state index < -0.39 is 0 Å². The highest BCUT2D eigenvalue weighted by molar-refractivity contribution is 8.00. The molecule has 166 valence electrons. The molecule has 1 aliphatic heterocycles. The molecule has 2 heterocycles. The van der Waals surface area contributed by atoms with E-state index in [4.69, 9.17) is 0 Å². The molecule has 0 fully saturated rings. The number of halogens is 1. The fourth-order valence-electron chi connectivity index (χ4n) is 4.09. The number of hydrogen-bond donors (Lipinski definition) is 0. The molecule has 0 saturated heterocycles. The lowest BCUT2D eigenvalue weighted by Crippen LogP contribution is -2.40. The Morgan fingerprint density at radius 3 is 2.39 bits per heavy atom. The number of thioether (sulfide) groups is 1. The standard InChI is InChI=1S/C26H23FN4OS/c1-18(25(32)30-16-15-19-7-5-6-8-21(19)17-30)33-26-29-28-24(20-11-13-22(27)14-12-20)31(26)23-9-3-2-4-10-23/h2-14,18H,15-17H2,1H3. The summed E-state index contributed by atoms with van der Waals surface area (Å²) in [6.45, 7) is 3.26. The van der Waals surface area contributed by atoms with E-state index in [-0.39, 0.29) is 17.0 Å². The van der Waals surface area contributed by atoms with Crippen LogP contribution in [0.1, 0.15) is 18.1 Å². The number of carbonyl (C=O) groups is 1. The Balaban J connectivity index is 1.42. The third kappa shape index (κ3) is 4.41. The molecule has 1 amide bonds. The zero-order valence-corrected chi connectivity index (χ0v) is 19.0. The van der Waals surface area contributed by atoms with E-state index in [1.807, 2.05) is 58.9 Å². The SMILES string of the molecule is CC(Sc1nnc(-c2ccc(F)cc2)n1-c1ccccc1)C(=O)N1CCc2ccccc2C1. The molecule has 1 unspecified atom stereocenters. The van der Waals surface area contributed by atoms with Gasteiger partial charge in [0.1, 0.15) is 5.82 Å². The Labute approximate surface area is 196 Å². The molecule has 5 nitrogen and oxygen atoms in total. The van der Waals surface area contributed by atoms with Crippen LogP contribution >= 0.6 is 11.8 Å². The second kappa shape index (κ2) is 9.19. The lowest BCUT2D eigenvalue weighted by Gasteiger charge is -2.30. The van der Waals surface area contributed by atoms with Gasteiger partial charge >= 0.3 is 0 Å². The smallest absolute Gasteiger partial charge is 0.236 e. The maximum Gasteiger partial charge on any atom is 0.236 e. The number of para-hydroxylation sites is 1. The molecule has 1 aliphatic rings. The van der Waals surface area contributed by atoms with Gasteiger partial charge in [0.25, 0.3) is 0 Å². The first-order chi connectivity index (χ1) is 16.1. The van der Waals surface area contributed by atoms with Crippen LogP contribution in [0.5, 0.6) is 0 Å². The summed E-state index contributed by atoms with van der Waals surface area (Å²) in [5.74, 6) is 0.386. The van der Waals surface area contributed by atoms with Crippen molar-refractivity contribution in [2.24, 2.45) is 0 Å². The van der Waals surface area contributed by atoms with Gasteiger partial charge in [0.2, 0.25) is 5.91 Å². The van der Waals surface area contributed by atoms with Crippen molar-refractivity contribution in [1.82, 2.24) is 19.7 Å². The molecular weight excluding hydrogens is 435 g/mol. The van der Waals surface area contributed by atoms with Gasteiger partial charge in [-0.15, -0.1) is 10.2 Å². The number of nitrogens with zero attached hydrogens (tertiary/aromatic N) is 4. The maximum absolute atomic E-state index is 13.5. The zero-order chi connectivity index (χ0) is 22.8. The summed E-state index contributed by atoms with van der Waals surface area (Å²) in [6, 6.07) is 24.2. The Kier molecular flexibility index (Phi) is 5.96. The normalized spacial score (nSPS) is 14.1. The van der Waals surface area contributed by atoms with Gasteiger partial charge in [-0.3, -0.25) is 9.36 Å². The Bertz CT molecular complexity index is 1270. The molecule has 7 heteroatoms. The molecule has 0 bridgehead atoms. The summed E-state index contributed by atoms with van der Waals surface area (Å²) in [7, 11) is 0. The molecule has 0 spiro atoms. The lowest BCUT2D eigenvalue weighted by atomic mass is 10.00. The van der Waals surface area contributed by atoms with Crippen molar-refractivity contribution in [2.75, 3.05) is 6.54 Å². The third-order valence-electron chi connectivity index (χ3n) is 5.82. The number of fused-ring (bicyclic) bond motifs is 1. The van der Waals surface area contributed by atoms with E-state index in [0.717, 1.165) is 17.7 Å². The highest BCUT2D eigenvalue weighted by Crippen LogP contribution is 2.31. The minimum atomic E-state index is -0.331. The van der Waals surface area contributed by atoms with E-state index in [2.05, 4.69) is 22.3 Å². The highest BCUT2D eigenvalue weighted by Gasteiger charge is 2.27. The molecular formula is C26H23FN4OS. The molecule has 0 N–H and O–H groups in total. The van der Waals surface area contributed by atoms with Crippen molar-refractivity contribution < 1.29 is 9.18 Å². The highest BCUT2D eigenvalue weighted by atomic mass is 32.2. The van der Waals surface area contributed by atoms with Crippen LogP contribution in [0.4, 0.5) is 4.39 Å². The number of benzene rings is 3. The number of rotatable bonds is 5. The average Bonchev–Trinajstić information content (AvgIpc) is 3.27. The second-order valence-corrected chi connectivity index (χ2v) is 9.33. The van der Waals surface area contributed by atoms with Crippen molar-refractivity contribution in [2.45, 2.75) is 30.3 Å². The molecule has 1 aromatic heterocycles. The largest absolute Gasteiger partial charge is 0.337 e. The van der Waals surface area contributed by atoms with Crippen LogP contribution in [0.25, 0.3) is 17.1 Å². The summed E-state index contributed by atoms with van der Waals surface area (Å²) in [6.07, 6.45) is 0.869. The fraction of sp³-hybridized carbons (Fsp3) is 0.192. The molecule has 0 radical (unpaired) electrons. The van der Waals surface area contributed by atoms with Gasteiger partial charge in [-0.05, 0) is 60.9 Å². The molecule has 1 atom stereocenters. The van der Waals surface area contributed by atoms with Gasteiger partial charge in [-0.1, -0.05) is 54.2 Å². The van der Waals surface area contributed by atoms with Gasteiger partial charge in [0.15, 0.2) is 11.0 Å². The third-order valence-corrected chi connectivity index (χ3v) is 6.85. The summed E-state index contributed by atoms with van der Waals surface area (Å²) in [4.78, 5) is 15.2. The fourth-order valence-corrected chi connectivity index (χ4v) is 5.04. The van der Waals surface area contributed by atoms with E-state index in [9.17, 15) is 9.18 Å². The van der Waals surface area contributed by atoms with Gasteiger partial charge in [0, 0.05) is 24.3 Å². The van der Waals surface area contributed by atoms with E-state index in [0.29, 0.717) is 24.1 Å². The molecule has 0 saturated carbocycles. The minimum Gasteiger partial charge on any atom is -0.337 e. The summed E-state index contributed by atoms with van der Waals surface area (Å²) >= 11 is 1.39. The topological polar surface area (TPSA) is 51.0 Å². The Morgan fingerprint density at radius 1 is 0.939 bits per heavy atom. The quantitative estimate of drug-likeness (QED) is 0.389. The number of aromatic nitrogens is 3. The van der Waals surface area contributed by atoms with Crippen LogP contribution in [0.2, 0.25) is 0 Å². The van der Waals surface area contributed by atoms with Gasteiger partial charge in [0.05, 0.1) is 5.25 Å². The van der Waals surface area contributed by atoms with Gasteiger partial charge in [-0.2, -0.15) is 0 Å². The number of carbonyl (C=O) groups excluding carboxylic acids is 1. The average molecular weight is 459 g/mol. The van der Waals surface area contributed by atoms with Crippen LogP contribution in [-0.2, 0) is 17.8 Å². The summed E-state index contributed by atoms with van der Waals surface area (Å²) in [5.41, 5.74) is 4.16. The molecule has 4 aromatic rings. The molecule has 33 heavy (non-hydrogen) atoms. The molecule has 5 rings (SSSR count). The van der Waals surface area contributed by atoms with E-state index in [1.165, 1.54) is 35.0 Å². The van der Waals surface area contributed by atoms with Crippen LogP contribution in [0, 0.1) is 5.82 Å². The van der Waals surface area contributed by atoms with Crippen molar-refractivity contribution >= 4 is 17.7 Å². The predicted molar refractivity (Wildman–Crippen MR) is 128 cm³/mol. The second-order valence-electron chi connectivity index (χ2n) is 8.02. The van der Waals surface area contributed by atoms with Crippen LogP contribution in [0.3, 0.4) is 0 Å². The monoisotopic (exact) mass is 458 g/mol. The van der Waals surface area contributed by atoms with Crippen LogP contribution in [0.15, 0.2) is 84.0 Å². The number of hydrogen-bond acceptors (Lipinski definition) is 4. The van der Waals surface area contributed by atoms with Crippen LogP contribution in [-0.4, -0.2) is 37.4 Å². The first kappa shape index (κ1) is 21.4.